The number of alkyl halides is 5. The topological polar surface area (TPSA) is 65.2 Å². The van der Waals surface area contributed by atoms with E-state index >= 15 is 0 Å². The Kier molecular flexibility index (Phi) is 4.28. The first-order chi connectivity index (χ1) is 8.70. The Bertz CT molecular complexity index is 488. The molecule has 0 atom stereocenters. The number of ether oxygens (including phenoxy) is 1. The van der Waals surface area contributed by atoms with Gasteiger partial charge in [0.15, 0.2) is 5.69 Å². The van der Waals surface area contributed by atoms with Crippen LogP contribution in [-0.4, -0.2) is 17.6 Å². The lowest BCUT2D eigenvalue weighted by Crippen LogP contribution is -2.20. The molecule has 0 amide bonds. The van der Waals surface area contributed by atoms with Crippen LogP contribution in [0.15, 0.2) is 6.20 Å². The highest BCUT2D eigenvalue weighted by Gasteiger charge is 2.40. The van der Waals surface area contributed by atoms with Crippen LogP contribution < -0.4 is 5.73 Å². The smallest absolute Gasteiger partial charge is 0.434 e. The summed E-state index contributed by atoms with van der Waals surface area (Å²) in [6.07, 6.45) is -7.86. The summed E-state index contributed by atoms with van der Waals surface area (Å²) in [7, 11) is 0. The van der Waals surface area contributed by atoms with Crippen molar-refractivity contribution in [2.45, 2.75) is 19.5 Å². The number of nitrogens with zero attached hydrogens (tertiary/aromatic N) is 1. The number of carbonyl (C=O) groups is 1. The molecule has 4 nitrogen and oxygen atoms in total. The Labute approximate surface area is 104 Å². The van der Waals surface area contributed by atoms with Crippen LogP contribution in [0.4, 0.5) is 27.6 Å². The monoisotopic (exact) mass is 284 g/mol. The van der Waals surface area contributed by atoms with Gasteiger partial charge in [0.2, 0.25) is 0 Å². The van der Waals surface area contributed by atoms with E-state index in [1.165, 1.54) is 6.92 Å². The third-order valence-corrected chi connectivity index (χ3v) is 2.13. The Morgan fingerprint density at radius 1 is 1.47 bits per heavy atom. The van der Waals surface area contributed by atoms with Gasteiger partial charge < -0.3 is 10.5 Å². The third kappa shape index (κ3) is 3.09. The predicted octanol–water partition coefficient (Wildman–Crippen LogP) is 2.80. The molecule has 0 radical (unpaired) electrons. The molecule has 0 saturated carbocycles. The van der Waals surface area contributed by atoms with Crippen molar-refractivity contribution in [1.29, 1.82) is 0 Å². The van der Waals surface area contributed by atoms with Gasteiger partial charge in [0.25, 0.3) is 6.43 Å². The van der Waals surface area contributed by atoms with E-state index < -0.39 is 41.1 Å². The third-order valence-electron chi connectivity index (χ3n) is 2.13. The first-order valence-electron chi connectivity index (χ1n) is 5.01. The highest BCUT2D eigenvalue weighted by atomic mass is 19.4. The summed E-state index contributed by atoms with van der Waals surface area (Å²) in [6.45, 7) is 1.13. The molecule has 0 aliphatic rings. The zero-order chi connectivity index (χ0) is 14.8. The molecule has 0 bridgehead atoms. The second kappa shape index (κ2) is 5.37. The largest absolute Gasteiger partial charge is 0.462 e. The van der Waals surface area contributed by atoms with E-state index in [0.717, 1.165) is 0 Å². The van der Waals surface area contributed by atoms with Gasteiger partial charge in [-0.15, -0.1) is 0 Å². The fraction of sp³-hybridized carbons (Fsp3) is 0.400. The van der Waals surface area contributed by atoms with Crippen molar-refractivity contribution in [3.63, 3.8) is 0 Å². The second-order valence-electron chi connectivity index (χ2n) is 3.37. The lowest BCUT2D eigenvalue weighted by atomic mass is 10.1. The second-order valence-corrected chi connectivity index (χ2v) is 3.37. The van der Waals surface area contributed by atoms with Gasteiger partial charge in [-0.1, -0.05) is 0 Å². The van der Waals surface area contributed by atoms with Crippen molar-refractivity contribution in [3.8, 4) is 0 Å². The molecule has 2 N–H and O–H groups in total. The molecule has 0 saturated heterocycles. The maximum absolute atomic E-state index is 12.6. The molecular formula is C10H9F5N2O2. The minimum Gasteiger partial charge on any atom is -0.462 e. The van der Waals surface area contributed by atoms with Crippen LogP contribution in [0.25, 0.3) is 0 Å². The maximum Gasteiger partial charge on any atom is 0.434 e. The SMILES string of the molecule is CCOC(=O)c1c(C(F)(F)F)ncc(C(F)F)c1N. The standard InChI is InChI=1S/C10H9F5N2O2/c1-2-19-9(18)5-6(16)4(8(11)12)3-17-7(5)10(13,14)15/h3,8H,2H2,1H3,(H2,16,17). The molecule has 1 aromatic rings. The molecule has 0 aliphatic carbocycles. The van der Waals surface area contributed by atoms with Gasteiger partial charge in [-0.2, -0.15) is 13.2 Å². The number of hydrogen-bond acceptors (Lipinski definition) is 4. The predicted molar refractivity (Wildman–Crippen MR) is 54.6 cm³/mol. The van der Waals surface area contributed by atoms with Crippen molar-refractivity contribution < 1.29 is 31.5 Å². The summed E-state index contributed by atoms with van der Waals surface area (Å²) < 4.78 is 67.4. The van der Waals surface area contributed by atoms with Gasteiger partial charge in [0, 0.05) is 6.20 Å². The van der Waals surface area contributed by atoms with Crippen molar-refractivity contribution >= 4 is 11.7 Å². The molecule has 0 unspecified atom stereocenters. The number of esters is 1. The Hall–Kier alpha value is -1.93. The van der Waals surface area contributed by atoms with Crippen LogP contribution in [0.2, 0.25) is 0 Å². The Morgan fingerprint density at radius 3 is 2.47 bits per heavy atom. The average Bonchev–Trinajstić information content (AvgIpc) is 2.26. The molecule has 0 spiro atoms. The number of nitrogen functional groups attached to an aromatic ring is 1. The van der Waals surface area contributed by atoms with E-state index in [1.807, 2.05) is 0 Å². The fourth-order valence-corrected chi connectivity index (χ4v) is 1.34. The van der Waals surface area contributed by atoms with Crippen LogP contribution in [-0.2, 0) is 10.9 Å². The van der Waals surface area contributed by atoms with E-state index in [4.69, 9.17) is 5.73 Å². The highest BCUT2D eigenvalue weighted by molar-refractivity contribution is 5.97. The van der Waals surface area contributed by atoms with Crippen molar-refractivity contribution in [2.24, 2.45) is 0 Å². The highest BCUT2D eigenvalue weighted by Crippen LogP contribution is 2.36. The van der Waals surface area contributed by atoms with Gasteiger partial charge in [-0.05, 0) is 6.92 Å². The molecule has 0 aliphatic heterocycles. The summed E-state index contributed by atoms with van der Waals surface area (Å²) in [5, 5.41) is 0. The lowest BCUT2D eigenvalue weighted by molar-refractivity contribution is -0.141. The number of hydrogen-bond donors (Lipinski definition) is 1. The zero-order valence-electron chi connectivity index (χ0n) is 9.59. The molecule has 106 valence electrons. The zero-order valence-corrected chi connectivity index (χ0v) is 9.59. The molecule has 19 heavy (non-hydrogen) atoms. The van der Waals surface area contributed by atoms with Crippen molar-refractivity contribution in [3.05, 3.63) is 23.0 Å². The van der Waals surface area contributed by atoms with Crippen LogP contribution in [0.3, 0.4) is 0 Å². The summed E-state index contributed by atoms with van der Waals surface area (Å²) in [5.74, 6) is -1.44. The number of carbonyl (C=O) groups excluding carboxylic acids is 1. The average molecular weight is 284 g/mol. The fourth-order valence-electron chi connectivity index (χ4n) is 1.34. The summed E-state index contributed by atoms with van der Waals surface area (Å²) >= 11 is 0. The van der Waals surface area contributed by atoms with Crippen LogP contribution in [0, 0.1) is 0 Å². The minimum atomic E-state index is -5.00. The first kappa shape index (κ1) is 15.1. The van der Waals surface area contributed by atoms with E-state index in [1.54, 1.807) is 0 Å². The molecule has 0 aromatic carbocycles. The molecular weight excluding hydrogens is 275 g/mol. The van der Waals surface area contributed by atoms with Crippen molar-refractivity contribution in [1.82, 2.24) is 4.98 Å². The molecule has 1 aromatic heterocycles. The van der Waals surface area contributed by atoms with Gasteiger partial charge in [-0.25, -0.2) is 13.6 Å². The maximum atomic E-state index is 12.6. The molecule has 1 heterocycles. The van der Waals surface area contributed by atoms with Crippen LogP contribution in [0.1, 0.15) is 35.0 Å². The van der Waals surface area contributed by atoms with Crippen LogP contribution >= 0.6 is 0 Å². The Morgan fingerprint density at radius 2 is 2.05 bits per heavy atom. The van der Waals surface area contributed by atoms with Crippen LogP contribution in [0.5, 0.6) is 0 Å². The number of anilines is 1. The number of halogens is 5. The van der Waals surface area contributed by atoms with Gasteiger partial charge >= 0.3 is 12.1 Å². The van der Waals surface area contributed by atoms with E-state index in [-0.39, 0.29) is 6.61 Å². The number of pyridine rings is 1. The summed E-state index contributed by atoms with van der Waals surface area (Å²) in [5.41, 5.74) is 0.435. The van der Waals surface area contributed by atoms with Gasteiger partial charge in [0.1, 0.15) is 5.56 Å². The van der Waals surface area contributed by atoms with Gasteiger partial charge in [0.05, 0.1) is 17.9 Å². The molecule has 0 fully saturated rings. The summed E-state index contributed by atoms with van der Waals surface area (Å²) in [6, 6.07) is 0. The van der Waals surface area contributed by atoms with Crippen molar-refractivity contribution in [2.75, 3.05) is 12.3 Å². The quantitative estimate of drug-likeness (QED) is 0.684. The lowest BCUT2D eigenvalue weighted by Gasteiger charge is -2.15. The normalized spacial score (nSPS) is 11.7. The number of rotatable bonds is 3. The summed E-state index contributed by atoms with van der Waals surface area (Å²) in [4.78, 5) is 14.3. The molecule has 9 heteroatoms. The molecule has 1 rings (SSSR count). The van der Waals surface area contributed by atoms with E-state index in [0.29, 0.717) is 6.20 Å². The van der Waals surface area contributed by atoms with Gasteiger partial charge in [-0.3, -0.25) is 4.98 Å². The first-order valence-corrected chi connectivity index (χ1v) is 5.01. The number of nitrogens with two attached hydrogens (primary N) is 1. The number of aromatic nitrogens is 1. The van der Waals surface area contributed by atoms with E-state index in [2.05, 4.69) is 9.72 Å². The Balaban J connectivity index is 3.51. The van der Waals surface area contributed by atoms with E-state index in [9.17, 15) is 26.7 Å². The minimum absolute atomic E-state index is 0.228.